The summed E-state index contributed by atoms with van der Waals surface area (Å²) in [4.78, 5) is 10.7. The number of aliphatic hydroxyl groups is 1. The predicted molar refractivity (Wildman–Crippen MR) is 72.5 cm³/mol. The average molecular weight is 314 g/mol. The van der Waals surface area contributed by atoms with Crippen LogP contribution in [0.25, 0.3) is 0 Å². The number of hydrogen-bond donors (Lipinski definition) is 1. The van der Waals surface area contributed by atoms with Gasteiger partial charge in [-0.15, -0.1) is 0 Å². The zero-order valence-corrected chi connectivity index (χ0v) is 11.6. The second-order valence-corrected chi connectivity index (χ2v) is 5.76. The third-order valence-corrected chi connectivity index (χ3v) is 4.09. The molecule has 0 saturated heterocycles. The lowest BCUT2D eigenvalue weighted by atomic mass is 9.82. The van der Waals surface area contributed by atoms with Gasteiger partial charge >= 0.3 is 0 Å². The molecule has 1 saturated carbocycles. The molecule has 1 aliphatic rings. The van der Waals surface area contributed by atoms with Crippen molar-refractivity contribution in [2.45, 2.75) is 38.2 Å². The molecule has 0 radical (unpaired) electrons. The van der Waals surface area contributed by atoms with Gasteiger partial charge in [-0.05, 0) is 31.2 Å². The molecule has 0 aromatic heterocycles. The van der Waals surface area contributed by atoms with Crippen molar-refractivity contribution in [3.63, 3.8) is 0 Å². The molecule has 0 amide bonds. The van der Waals surface area contributed by atoms with Gasteiger partial charge < -0.3 is 5.11 Å². The molecule has 2 atom stereocenters. The van der Waals surface area contributed by atoms with E-state index in [-0.39, 0.29) is 22.6 Å². The van der Waals surface area contributed by atoms with Crippen molar-refractivity contribution in [1.82, 2.24) is 0 Å². The summed E-state index contributed by atoms with van der Waals surface area (Å²) in [6.45, 7) is 0. The van der Waals surface area contributed by atoms with Crippen molar-refractivity contribution in [3.8, 4) is 0 Å². The summed E-state index contributed by atoms with van der Waals surface area (Å²) >= 11 is 3.25. The first kappa shape index (κ1) is 13.5. The first-order valence-corrected chi connectivity index (χ1v) is 6.98. The van der Waals surface area contributed by atoms with Gasteiger partial charge in [0.2, 0.25) is 0 Å². The second-order valence-electron chi connectivity index (χ2n) is 4.85. The van der Waals surface area contributed by atoms with Gasteiger partial charge in [0.15, 0.2) is 0 Å². The Bertz CT molecular complexity index is 450. The minimum absolute atomic E-state index is 0.141. The van der Waals surface area contributed by atoms with E-state index in [1.165, 1.54) is 6.07 Å². The van der Waals surface area contributed by atoms with E-state index >= 15 is 0 Å². The molecule has 1 aromatic carbocycles. The molecule has 0 spiro atoms. The quantitative estimate of drug-likeness (QED) is 0.686. The normalized spacial score (nSPS) is 23.9. The molecule has 4 nitrogen and oxygen atoms in total. The van der Waals surface area contributed by atoms with Crippen LogP contribution in [0.1, 0.15) is 31.2 Å². The van der Waals surface area contributed by atoms with E-state index in [1.807, 2.05) is 6.07 Å². The zero-order chi connectivity index (χ0) is 13.1. The van der Waals surface area contributed by atoms with Crippen LogP contribution in [0.2, 0.25) is 0 Å². The number of rotatable bonds is 3. The highest BCUT2D eigenvalue weighted by Crippen LogP contribution is 2.31. The highest BCUT2D eigenvalue weighted by molar-refractivity contribution is 9.10. The number of nitro benzene ring substituents is 1. The smallest absolute Gasteiger partial charge is 0.273 e. The van der Waals surface area contributed by atoms with E-state index in [0.29, 0.717) is 16.5 Å². The van der Waals surface area contributed by atoms with Crippen molar-refractivity contribution in [3.05, 3.63) is 38.3 Å². The maximum absolute atomic E-state index is 11.0. The molecule has 18 heavy (non-hydrogen) atoms. The van der Waals surface area contributed by atoms with E-state index in [9.17, 15) is 15.2 Å². The van der Waals surface area contributed by atoms with Crippen molar-refractivity contribution in [1.29, 1.82) is 0 Å². The fourth-order valence-corrected chi connectivity index (χ4v) is 2.94. The Morgan fingerprint density at radius 1 is 1.39 bits per heavy atom. The lowest BCUT2D eigenvalue weighted by molar-refractivity contribution is -0.385. The van der Waals surface area contributed by atoms with Gasteiger partial charge in [0.05, 0.1) is 11.0 Å². The number of nitrogens with zero attached hydrogens (tertiary/aromatic N) is 1. The molecule has 0 aliphatic heterocycles. The van der Waals surface area contributed by atoms with Crippen LogP contribution in [0.4, 0.5) is 5.69 Å². The Labute approximate surface area is 114 Å². The second kappa shape index (κ2) is 5.80. The van der Waals surface area contributed by atoms with Crippen LogP contribution in [0.3, 0.4) is 0 Å². The highest BCUT2D eigenvalue weighted by atomic mass is 79.9. The van der Waals surface area contributed by atoms with Crippen LogP contribution in [0.5, 0.6) is 0 Å². The Balaban J connectivity index is 2.20. The maximum atomic E-state index is 11.0. The Morgan fingerprint density at radius 3 is 2.78 bits per heavy atom. The van der Waals surface area contributed by atoms with Crippen LogP contribution in [-0.2, 0) is 6.42 Å². The van der Waals surface area contributed by atoms with Crippen molar-refractivity contribution < 1.29 is 10.0 Å². The molecule has 2 rings (SSSR count). The summed E-state index contributed by atoms with van der Waals surface area (Å²) in [6.07, 6.45) is 4.20. The molecule has 2 unspecified atom stereocenters. The minimum atomic E-state index is -0.352. The van der Waals surface area contributed by atoms with Gasteiger partial charge in [-0.2, -0.15) is 0 Å². The zero-order valence-electron chi connectivity index (χ0n) is 10.0. The lowest BCUT2D eigenvalue weighted by Crippen LogP contribution is -2.26. The summed E-state index contributed by atoms with van der Waals surface area (Å²) in [5.41, 5.74) is 0.858. The third-order valence-electron chi connectivity index (χ3n) is 3.60. The van der Waals surface area contributed by atoms with Crippen LogP contribution in [0, 0.1) is 16.0 Å². The number of benzene rings is 1. The van der Waals surface area contributed by atoms with Crippen molar-refractivity contribution in [2.75, 3.05) is 0 Å². The first-order chi connectivity index (χ1) is 8.58. The lowest BCUT2D eigenvalue weighted by Gasteiger charge is -2.27. The molecule has 0 bridgehead atoms. The molecule has 98 valence electrons. The molecule has 1 fully saturated rings. The molecule has 1 aliphatic carbocycles. The van der Waals surface area contributed by atoms with E-state index in [0.717, 1.165) is 25.7 Å². The Morgan fingerprint density at radius 2 is 2.11 bits per heavy atom. The maximum Gasteiger partial charge on any atom is 0.273 e. The topological polar surface area (TPSA) is 63.4 Å². The first-order valence-electron chi connectivity index (χ1n) is 6.19. The van der Waals surface area contributed by atoms with E-state index in [1.54, 1.807) is 6.07 Å². The van der Waals surface area contributed by atoms with Gasteiger partial charge in [0, 0.05) is 16.1 Å². The molecule has 5 heteroatoms. The summed E-state index contributed by atoms with van der Waals surface area (Å²) in [5, 5.41) is 21.0. The molecular weight excluding hydrogens is 298 g/mol. The van der Waals surface area contributed by atoms with E-state index in [4.69, 9.17) is 0 Å². The predicted octanol–water partition coefficient (Wildman–Crippen LogP) is 3.45. The van der Waals surface area contributed by atoms with Crippen LogP contribution in [-0.4, -0.2) is 16.1 Å². The summed E-state index contributed by atoms with van der Waals surface area (Å²) < 4.78 is 0.710. The van der Waals surface area contributed by atoms with E-state index < -0.39 is 0 Å². The number of hydrogen-bond acceptors (Lipinski definition) is 3. The number of aliphatic hydroxyl groups excluding tert-OH is 1. The van der Waals surface area contributed by atoms with Crippen LogP contribution in [0.15, 0.2) is 22.7 Å². The molecule has 1 aromatic rings. The molecule has 0 heterocycles. The highest BCUT2D eigenvalue weighted by Gasteiger charge is 2.26. The molecule has 1 N–H and O–H groups in total. The monoisotopic (exact) mass is 313 g/mol. The van der Waals surface area contributed by atoms with Gasteiger partial charge in [0.1, 0.15) is 0 Å². The van der Waals surface area contributed by atoms with E-state index in [2.05, 4.69) is 15.9 Å². The standard InChI is InChI=1S/C13H16BrNO3/c14-11-6-5-9(12(8-11)15(17)18)7-10-3-1-2-4-13(10)16/h5-6,8,10,13,16H,1-4,7H2. The largest absolute Gasteiger partial charge is 0.393 e. The third kappa shape index (κ3) is 3.09. The Hall–Kier alpha value is -0.940. The fourth-order valence-electron chi connectivity index (χ4n) is 2.59. The summed E-state index contributed by atoms with van der Waals surface area (Å²) in [6, 6.07) is 5.13. The number of nitro groups is 1. The molecular formula is C13H16BrNO3. The summed E-state index contributed by atoms with van der Waals surface area (Å²) in [7, 11) is 0. The van der Waals surface area contributed by atoms with Crippen molar-refractivity contribution in [2.24, 2.45) is 5.92 Å². The van der Waals surface area contributed by atoms with Gasteiger partial charge in [-0.3, -0.25) is 10.1 Å². The SMILES string of the molecule is O=[N+]([O-])c1cc(Br)ccc1CC1CCCCC1O. The average Bonchev–Trinajstić information content (AvgIpc) is 2.34. The fraction of sp³-hybridized carbons (Fsp3) is 0.538. The van der Waals surface area contributed by atoms with Crippen LogP contribution < -0.4 is 0 Å². The van der Waals surface area contributed by atoms with Crippen LogP contribution >= 0.6 is 15.9 Å². The van der Waals surface area contributed by atoms with Gasteiger partial charge in [0.25, 0.3) is 5.69 Å². The summed E-state index contributed by atoms with van der Waals surface area (Å²) in [5.74, 6) is 0.152. The Kier molecular flexibility index (Phi) is 4.35. The minimum Gasteiger partial charge on any atom is -0.393 e. The number of halogens is 1. The van der Waals surface area contributed by atoms with Gasteiger partial charge in [-0.1, -0.05) is 34.8 Å². The van der Waals surface area contributed by atoms with Gasteiger partial charge in [-0.25, -0.2) is 0 Å². The van der Waals surface area contributed by atoms with Crippen molar-refractivity contribution >= 4 is 21.6 Å².